The van der Waals surface area contributed by atoms with E-state index in [1.54, 1.807) is 13.0 Å². The monoisotopic (exact) mass is 442 g/mol. The summed E-state index contributed by atoms with van der Waals surface area (Å²) in [6, 6.07) is 11.4. The molecular weight excluding hydrogens is 412 g/mol. The van der Waals surface area contributed by atoms with Gasteiger partial charge in [-0.15, -0.1) is 0 Å². The van der Waals surface area contributed by atoms with Gasteiger partial charge in [0.1, 0.15) is 5.76 Å². The number of benzene rings is 1. The first-order valence-electron chi connectivity index (χ1n) is 10.9. The van der Waals surface area contributed by atoms with Crippen molar-refractivity contribution < 1.29 is 23.6 Å². The second kappa shape index (κ2) is 12.0. The molecule has 1 aromatic carbocycles. The van der Waals surface area contributed by atoms with E-state index in [1.165, 1.54) is 4.90 Å². The standard InChI is InChI=1S/C23H30N4O5/c1-17-14-20(26-32-17)25-21(28)9-10-23(30)27(12-11-18-6-3-2-4-7-18)16-22(29)24-15-19-8-5-13-31-19/h2-4,6-7,14,19H,5,8-13,15-16H2,1H3,(H,24,29)(H,25,26,28)/t19-/m0/s1. The summed E-state index contributed by atoms with van der Waals surface area (Å²) in [4.78, 5) is 38.9. The van der Waals surface area contributed by atoms with Crippen molar-refractivity contribution in [1.29, 1.82) is 0 Å². The number of rotatable bonds is 11. The van der Waals surface area contributed by atoms with Crippen LogP contribution >= 0.6 is 0 Å². The maximum Gasteiger partial charge on any atom is 0.239 e. The average Bonchev–Trinajstić information content (AvgIpc) is 3.46. The van der Waals surface area contributed by atoms with E-state index in [1.807, 2.05) is 30.3 Å². The van der Waals surface area contributed by atoms with Gasteiger partial charge in [-0.2, -0.15) is 0 Å². The summed E-state index contributed by atoms with van der Waals surface area (Å²) < 4.78 is 10.4. The number of nitrogens with one attached hydrogen (secondary N) is 2. The molecular formula is C23H30N4O5. The van der Waals surface area contributed by atoms with Gasteiger partial charge in [0.2, 0.25) is 17.7 Å². The van der Waals surface area contributed by atoms with Crippen molar-refractivity contribution in [3.05, 3.63) is 47.7 Å². The highest BCUT2D eigenvalue weighted by Gasteiger charge is 2.21. The molecule has 9 heteroatoms. The first-order chi connectivity index (χ1) is 15.5. The fourth-order valence-electron chi connectivity index (χ4n) is 3.47. The molecule has 1 aromatic heterocycles. The van der Waals surface area contributed by atoms with Gasteiger partial charge in [0.05, 0.1) is 12.6 Å². The van der Waals surface area contributed by atoms with E-state index in [2.05, 4.69) is 15.8 Å². The van der Waals surface area contributed by atoms with E-state index in [0.29, 0.717) is 31.1 Å². The molecule has 32 heavy (non-hydrogen) atoms. The van der Waals surface area contributed by atoms with Crippen LogP contribution in [0.15, 0.2) is 40.9 Å². The molecule has 3 rings (SSSR count). The van der Waals surface area contributed by atoms with E-state index in [-0.39, 0.29) is 43.2 Å². The van der Waals surface area contributed by atoms with E-state index in [0.717, 1.165) is 25.0 Å². The molecule has 0 unspecified atom stereocenters. The molecule has 2 N–H and O–H groups in total. The van der Waals surface area contributed by atoms with Gasteiger partial charge in [0, 0.05) is 38.6 Å². The number of carbonyl (C=O) groups is 3. The highest BCUT2D eigenvalue weighted by molar-refractivity contribution is 5.93. The molecule has 172 valence electrons. The Balaban J connectivity index is 1.51. The third-order valence-corrected chi connectivity index (χ3v) is 5.21. The van der Waals surface area contributed by atoms with Crippen LogP contribution in [0.3, 0.4) is 0 Å². The number of aromatic nitrogens is 1. The molecule has 0 saturated carbocycles. The van der Waals surface area contributed by atoms with Crippen LogP contribution in [-0.4, -0.2) is 60.1 Å². The van der Waals surface area contributed by atoms with Crippen LogP contribution in [0.4, 0.5) is 5.82 Å². The molecule has 3 amide bonds. The Morgan fingerprint density at radius 2 is 1.97 bits per heavy atom. The number of amides is 3. The first kappa shape index (κ1) is 23.5. The Kier molecular flexibility index (Phi) is 8.79. The number of hydrogen-bond acceptors (Lipinski definition) is 6. The normalized spacial score (nSPS) is 15.3. The fraction of sp³-hybridized carbons (Fsp3) is 0.478. The maximum absolute atomic E-state index is 12.8. The minimum Gasteiger partial charge on any atom is -0.376 e. The van der Waals surface area contributed by atoms with Crippen molar-refractivity contribution in [2.24, 2.45) is 0 Å². The Hall–Kier alpha value is -3.20. The van der Waals surface area contributed by atoms with Crippen LogP contribution in [-0.2, 0) is 25.5 Å². The SMILES string of the molecule is Cc1cc(NC(=O)CCC(=O)N(CCc2ccccc2)CC(=O)NC[C@@H]2CCCO2)no1. The largest absolute Gasteiger partial charge is 0.376 e. The maximum atomic E-state index is 12.8. The third-order valence-electron chi connectivity index (χ3n) is 5.21. The van der Waals surface area contributed by atoms with Crippen molar-refractivity contribution in [2.45, 2.75) is 45.1 Å². The Bertz CT molecular complexity index is 893. The molecule has 1 fully saturated rings. The van der Waals surface area contributed by atoms with E-state index < -0.39 is 0 Å². The zero-order valence-electron chi connectivity index (χ0n) is 18.3. The lowest BCUT2D eigenvalue weighted by atomic mass is 10.1. The minimum absolute atomic E-state index is 0.00350. The summed E-state index contributed by atoms with van der Waals surface area (Å²) in [5, 5.41) is 9.16. The van der Waals surface area contributed by atoms with Crippen LogP contribution in [0, 0.1) is 6.92 Å². The Morgan fingerprint density at radius 3 is 2.66 bits per heavy atom. The number of aryl methyl sites for hydroxylation is 1. The van der Waals surface area contributed by atoms with Gasteiger partial charge in [-0.1, -0.05) is 35.5 Å². The van der Waals surface area contributed by atoms with Crippen molar-refractivity contribution in [3.8, 4) is 0 Å². The fourth-order valence-corrected chi connectivity index (χ4v) is 3.47. The van der Waals surface area contributed by atoms with E-state index >= 15 is 0 Å². The lowest BCUT2D eigenvalue weighted by Crippen LogP contribution is -2.43. The summed E-state index contributed by atoms with van der Waals surface area (Å²) in [6.45, 7) is 3.22. The molecule has 2 aromatic rings. The van der Waals surface area contributed by atoms with E-state index in [4.69, 9.17) is 9.26 Å². The van der Waals surface area contributed by atoms with Gasteiger partial charge in [-0.3, -0.25) is 14.4 Å². The molecule has 1 aliphatic rings. The smallest absolute Gasteiger partial charge is 0.239 e. The highest BCUT2D eigenvalue weighted by Crippen LogP contribution is 2.11. The summed E-state index contributed by atoms with van der Waals surface area (Å²) in [5.74, 6) is 0.0773. The molecule has 0 radical (unpaired) electrons. The van der Waals surface area contributed by atoms with Gasteiger partial charge >= 0.3 is 0 Å². The van der Waals surface area contributed by atoms with Crippen LogP contribution in [0.1, 0.15) is 37.0 Å². The molecule has 1 aliphatic heterocycles. The van der Waals surface area contributed by atoms with Crippen LogP contribution in [0.5, 0.6) is 0 Å². The number of ether oxygens (including phenoxy) is 1. The molecule has 0 bridgehead atoms. The van der Waals surface area contributed by atoms with Crippen LogP contribution in [0.2, 0.25) is 0 Å². The second-order valence-electron chi connectivity index (χ2n) is 7.86. The topological polar surface area (TPSA) is 114 Å². The molecule has 1 atom stereocenters. The lowest BCUT2D eigenvalue weighted by molar-refractivity contribution is -0.137. The number of anilines is 1. The predicted molar refractivity (Wildman–Crippen MR) is 118 cm³/mol. The van der Waals surface area contributed by atoms with Crippen molar-refractivity contribution >= 4 is 23.5 Å². The molecule has 0 aliphatic carbocycles. The number of hydrogen-bond donors (Lipinski definition) is 2. The van der Waals surface area contributed by atoms with Crippen LogP contribution < -0.4 is 10.6 Å². The molecule has 2 heterocycles. The highest BCUT2D eigenvalue weighted by atomic mass is 16.5. The predicted octanol–water partition coefficient (Wildman–Crippen LogP) is 2.07. The Morgan fingerprint density at radius 1 is 1.16 bits per heavy atom. The van der Waals surface area contributed by atoms with Gasteiger partial charge in [0.15, 0.2) is 5.82 Å². The zero-order chi connectivity index (χ0) is 22.8. The van der Waals surface area contributed by atoms with E-state index in [9.17, 15) is 14.4 Å². The van der Waals surface area contributed by atoms with Gasteiger partial charge < -0.3 is 24.8 Å². The van der Waals surface area contributed by atoms with Gasteiger partial charge in [-0.25, -0.2) is 0 Å². The third kappa shape index (κ3) is 7.81. The first-order valence-corrected chi connectivity index (χ1v) is 10.9. The second-order valence-corrected chi connectivity index (χ2v) is 7.86. The quantitative estimate of drug-likeness (QED) is 0.551. The van der Waals surface area contributed by atoms with Crippen molar-refractivity contribution in [1.82, 2.24) is 15.4 Å². The summed E-state index contributed by atoms with van der Waals surface area (Å²) in [6.07, 6.45) is 2.57. The van der Waals surface area contributed by atoms with Crippen LogP contribution in [0.25, 0.3) is 0 Å². The number of carbonyl (C=O) groups excluding carboxylic acids is 3. The zero-order valence-corrected chi connectivity index (χ0v) is 18.3. The van der Waals surface area contributed by atoms with Crippen molar-refractivity contribution in [2.75, 3.05) is 31.6 Å². The summed E-state index contributed by atoms with van der Waals surface area (Å²) in [7, 11) is 0. The summed E-state index contributed by atoms with van der Waals surface area (Å²) in [5.41, 5.74) is 1.07. The van der Waals surface area contributed by atoms with Crippen molar-refractivity contribution in [3.63, 3.8) is 0 Å². The Labute approximate surface area is 187 Å². The van der Waals surface area contributed by atoms with Gasteiger partial charge in [0.25, 0.3) is 0 Å². The average molecular weight is 443 g/mol. The molecule has 9 nitrogen and oxygen atoms in total. The summed E-state index contributed by atoms with van der Waals surface area (Å²) >= 11 is 0. The molecule has 1 saturated heterocycles. The molecule has 0 spiro atoms. The lowest BCUT2D eigenvalue weighted by Gasteiger charge is -2.23. The number of nitrogens with zero attached hydrogens (tertiary/aromatic N) is 2. The minimum atomic E-state index is -0.336. The van der Waals surface area contributed by atoms with Gasteiger partial charge in [-0.05, 0) is 31.7 Å².